The van der Waals surface area contributed by atoms with E-state index in [1.807, 2.05) is 12.1 Å². The summed E-state index contributed by atoms with van der Waals surface area (Å²) in [6.07, 6.45) is 0. The van der Waals surface area contributed by atoms with Gasteiger partial charge in [-0.05, 0) is 33.3 Å². The predicted octanol–water partition coefficient (Wildman–Crippen LogP) is 1.08. The lowest BCUT2D eigenvalue weighted by Gasteiger charge is -1.95. The average Bonchev–Trinajstić information content (AvgIpc) is 2.53. The van der Waals surface area contributed by atoms with Crippen molar-refractivity contribution in [1.29, 1.82) is 0 Å². The molecule has 0 saturated carbocycles. The molecule has 0 aliphatic carbocycles. The van der Waals surface area contributed by atoms with E-state index in [1.54, 1.807) is 10.8 Å². The van der Waals surface area contributed by atoms with Crippen molar-refractivity contribution in [1.82, 2.24) is 0 Å². The molecule has 2 heteroatoms. The highest BCUT2D eigenvalue weighted by Crippen LogP contribution is 2.09. The van der Waals surface area contributed by atoms with E-state index in [4.69, 9.17) is 0 Å². The first-order valence-corrected chi connectivity index (χ1v) is 5.72. The van der Waals surface area contributed by atoms with Gasteiger partial charge in [-0.15, -0.1) is 0 Å². The van der Waals surface area contributed by atoms with Gasteiger partial charge in [0.1, 0.15) is 0 Å². The van der Waals surface area contributed by atoms with E-state index in [9.17, 15) is 4.21 Å². The Hall–Kier alpha value is -1.41. The summed E-state index contributed by atoms with van der Waals surface area (Å²) in [6, 6.07) is 12.4. The van der Waals surface area contributed by atoms with Crippen molar-refractivity contribution in [3.63, 3.8) is 0 Å². The van der Waals surface area contributed by atoms with Gasteiger partial charge in [0.2, 0.25) is 0 Å². The maximum Gasteiger partial charge on any atom is 0.0714 e. The lowest BCUT2D eigenvalue weighted by Crippen LogP contribution is -2.20. The normalized spacial score (nSPS) is 14.9. The second kappa shape index (κ2) is 2.79. The highest BCUT2D eigenvalue weighted by atomic mass is 32.2. The molecule has 0 saturated heterocycles. The van der Waals surface area contributed by atoms with Crippen LogP contribution in [0.15, 0.2) is 36.4 Å². The van der Waals surface area contributed by atoms with E-state index >= 15 is 0 Å². The molecule has 0 amide bonds. The fraction of sp³-hybridized carbons (Fsp3) is 0. The van der Waals surface area contributed by atoms with Gasteiger partial charge in [0, 0.05) is 10.8 Å². The Kier molecular flexibility index (Phi) is 1.58. The fourth-order valence-electron chi connectivity index (χ4n) is 1.76. The summed E-state index contributed by atoms with van der Waals surface area (Å²) >= 11 is 0. The average molecular weight is 200 g/mol. The van der Waals surface area contributed by atoms with Crippen molar-refractivity contribution in [3.05, 3.63) is 46.8 Å². The van der Waals surface area contributed by atoms with Crippen LogP contribution in [0.4, 0.5) is 0 Å². The first kappa shape index (κ1) is 7.94. The highest BCUT2D eigenvalue weighted by Gasteiger charge is 2.01. The van der Waals surface area contributed by atoms with Gasteiger partial charge in [-0.2, -0.15) is 0 Å². The van der Waals surface area contributed by atoms with Crippen molar-refractivity contribution in [2.45, 2.75) is 0 Å². The summed E-state index contributed by atoms with van der Waals surface area (Å²) in [6.45, 7) is 0. The number of hydrogen-bond acceptors (Lipinski definition) is 1. The Balaban J connectivity index is 2.56. The SMILES string of the molecule is O=S1C=c2cc3ccccc3cc2=C1. The third kappa shape index (κ3) is 1.11. The minimum Gasteiger partial charge on any atom is -0.250 e. The summed E-state index contributed by atoms with van der Waals surface area (Å²) < 4.78 is 11.3. The summed E-state index contributed by atoms with van der Waals surface area (Å²) in [4.78, 5) is 0. The van der Waals surface area contributed by atoms with Crippen molar-refractivity contribution in [2.75, 3.05) is 0 Å². The molecule has 0 atom stereocenters. The van der Waals surface area contributed by atoms with E-state index in [0.717, 1.165) is 10.4 Å². The highest BCUT2D eigenvalue weighted by molar-refractivity contribution is 8.00. The Bertz CT molecular complexity index is 599. The molecule has 0 fully saturated rings. The van der Waals surface area contributed by atoms with Gasteiger partial charge in [0.15, 0.2) is 0 Å². The van der Waals surface area contributed by atoms with Crippen molar-refractivity contribution in [3.8, 4) is 0 Å². The molecule has 14 heavy (non-hydrogen) atoms. The molecule has 1 heterocycles. The standard InChI is InChI=1S/C12H8OS/c13-14-7-11-5-9-3-1-2-4-10(9)6-12(11)8-14/h1-8H. The molecule has 0 spiro atoms. The third-order valence-electron chi connectivity index (χ3n) is 2.44. The van der Waals surface area contributed by atoms with Crippen LogP contribution in [-0.4, -0.2) is 4.21 Å². The minimum absolute atomic E-state index is 0.918. The summed E-state index contributed by atoms with van der Waals surface area (Å²) in [5, 5.41) is 8.16. The predicted molar refractivity (Wildman–Crippen MR) is 60.3 cm³/mol. The molecule has 1 nitrogen and oxygen atoms in total. The van der Waals surface area contributed by atoms with E-state index in [0.29, 0.717) is 0 Å². The van der Waals surface area contributed by atoms with Crippen LogP contribution in [0.1, 0.15) is 0 Å². The van der Waals surface area contributed by atoms with Gasteiger partial charge in [0.05, 0.1) is 10.8 Å². The fourth-order valence-corrected chi connectivity index (χ4v) is 2.74. The molecule has 0 aromatic heterocycles. The lowest BCUT2D eigenvalue weighted by molar-refractivity contribution is 0.695. The van der Waals surface area contributed by atoms with Crippen LogP contribution < -0.4 is 10.4 Å². The second-order valence-corrected chi connectivity index (χ2v) is 4.52. The Morgan fingerprint density at radius 1 is 0.857 bits per heavy atom. The lowest BCUT2D eigenvalue weighted by atomic mass is 10.1. The van der Waals surface area contributed by atoms with Crippen molar-refractivity contribution >= 4 is 32.4 Å². The summed E-state index contributed by atoms with van der Waals surface area (Å²) in [7, 11) is -0.918. The van der Waals surface area contributed by atoms with Gasteiger partial charge in [-0.25, -0.2) is 0 Å². The molecule has 0 radical (unpaired) electrons. The molecule has 0 bridgehead atoms. The van der Waals surface area contributed by atoms with Crippen LogP contribution in [0.5, 0.6) is 0 Å². The third-order valence-corrected chi connectivity index (χ3v) is 3.41. The molecule has 0 unspecified atom stereocenters. The van der Waals surface area contributed by atoms with E-state index < -0.39 is 10.8 Å². The topological polar surface area (TPSA) is 17.1 Å². The Morgan fingerprint density at radius 3 is 1.86 bits per heavy atom. The van der Waals surface area contributed by atoms with Crippen LogP contribution in [0, 0.1) is 0 Å². The maximum atomic E-state index is 11.3. The summed E-state index contributed by atoms with van der Waals surface area (Å²) in [5.74, 6) is 0. The van der Waals surface area contributed by atoms with Crippen LogP contribution in [0.25, 0.3) is 21.6 Å². The second-order valence-electron chi connectivity index (χ2n) is 3.39. The number of fused-ring (bicyclic) bond motifs is 2. The molecule has 1 aliphatic rings. The smallest absolute Gasteiger partial charge is 0.0714 e. The monoisotopic (exact) mass is 200 g/mol. The molecular formula is C12H8OS. The zero-order valence-corrected chi connectivity index (χ0v) is 8.25. The van der Waals surface area contributed by atoms with E-state index in [-0.39, 0.29) is 0 Å². The molecule has 2 aromatic carbocycles. The molecule has 68 valence electrons. The quantitative estimate of drug-likeness (QED) is 0.622. The molecular weight excluding hydrogens is 192 g/mol. The van der Waals surface area contributed by atoms with Crippen molar-refractivity contribution < 1.29 is 4.21 Å². The van der Waals surface area contributed by atoms with Crippen LogP contribution in [-0.2, 0) is 10.8 Å². The molecule has 1 aliphatic heterocycles. The number of rotatable bonds is 0. The Labute approximate surface area is 83.8 Å². The van der Waals surface area contributed by atoms with Gasteiger partial charge >= 0.3 is 0 Å². The van der Waals surface area contributed by atoms with E-state index in [1.165, 1.54) is 10.8 Å². The number of hydrogen-bond donors (Lipinski definition) is 0. The largest absolute Gasteiger partial charge is 0.250 e. The van der Waals surface area contributed by atoms with Crippen LogP contribution in [0.3, 0.4) is 0 Å². The zero-order chi connectivity index (χ0) is 9.54. The maximum absolute atomic E-state index is 11.3. The van der Waals surface area contributed by atoms with Crippen LogP contribution in [0.2, 0.25) is 0 Å². The van der Waals surface area contributed by atoms with E-state index in [2.05, 4.69) is 24.3 Å². The summed E-state index contributed by atoms with van der Waals surface area (Å²) in [5.41, 5.74) is 0. The molecule has 2 aromatic rings. The first-order valence-electron chi connectivity index (χ1n) is 4.45. The van der Waals surface area contributed by atoms with Crippen LogP contribution >= 0.6 is 0 Å². The van der Waals surface area contributed by atoms with Gasteiger partial charge in [-0.1, -0.05) is 24.3 Å². The van der Waals surface area contributed by atoms with Crippen molar-refractivity contribution in [2.24, 2.45) is 0 Å². The van der Waals surface area contributed by atoms with Gasteiger partial charge in [-0.3, -0.25) is 4.21 Å². The zero-order valence-electron chi connectivity index (χ0n) is 7.44. The Morgan fingerprint density at radius 2 is 1.36 bits per heavy atom. The first-order chi connectivity index (χ1) is 6.83. The minimum atomic E-state index is -0.918. The molecule has 3 rings (SSSR count). The number of benzene rings is 2. The molecule has 0 N–H and O–H groups in total. The van der Waals surface area contributed by atoms with Gasteiger partial charge in [0.25, 0.3) is 0 Å². The van der Waals surface area contributed by atoms with Gasteiger partial charge < -0.3 is 0 Å².